The Morgan fingerprint density at radius 2 is 1.64 bits per heavy atom. The molecular formula is C14H17NO6S. The Hall–Kier alpha value is -1.48. The van der Waals surface area contributed by atoms with Crippen molar-refractivity contribution in [3.8, 4) is 0 Å². The average Bonchev–Trinajstić information content (AvgIpc) is 2.96. The van der Waals surface area contributed by atoms with Gasteiger partial charge in [0.25, 0.3) is 0 Å². The summed E-state index contributed by atoms with van der Waals surface area (Å²) < 4.78 is 37.7. The van der Waals surface area contributed by atoms with E-state index >= 15 is 0 Å². The fourth-order valence-corrected chi connectivity index (χ4v) is 4.21. The second kappa shape index (κ2) is 5.62. The van der Waals surface area contributed by atoms with Crippen LogP contribution in [0.4, 0.5) is 0 Å². The number of hydrogen-bond donors (Lipinski definition) is 1. The predicted octanol–water partition coefficient (Wildman–Crippen LogP) is 0.912. The first kappa shape index (κ1) is 15.4. The van der Waals surface area contributed by atoms with Gasteiger partial charge in [-0.1, -0.05) is 0 Å². The van der Waals surface area contributed by atoms with Crippen LogP contribution >= 0.6 is 0 Å². The summed E-state index contributed by atoms with van der Waals surface area (Å²) in [5.74, 6) is -1.71. The monoisotopic (exact) mass is 327 g/mol. The fraction of sp³-hybridized carbons (Fsp3) is 0.500. The molecule has 2 fully saturated rings. The van der Waals surface area contributed by atoms with Gasteiger partial charge >= 0.3 is 5.97 Å². The van der Waals surface area contributed by atoms with E-state index in [0.717, 1.165) is 0 Å². The van der Waals surface area contributed by atoms with E-state index in [-0.39, 0.29) is 10.5 Å². The summed E-state index contributed by atoms with van der Waals surface area (Å²) in [6.07, 6.45) is 0.999. The van der Waals surface area contributed by atoms with Crippen molar-refractivity contribution >= 4 is 16.0 Å². The lowest BCUT2D eigenvalue weighted by molar-refractivity contribution is -0.179. The summed E-state index contributed by atoms with van der Waals surface area (Å²) in [7, 11) is -3.62. The maximum Gasteiger partial charge on any atom is 0.335 e. The zero-order valence-corrected chi connectivity index (χ0v) is 12.7. The summed E-state index contributed by atoms with van der Waals surface area (Å²) in [6, 6.07) is 5.24. The van der Waals surface area contributed by atoms with Gasteiger partial charge in [-0.05, 0) is 24.3 Å². The molecule has 22 heavy (non-hydrogen) atoms. The Morgan fingerprint density at radius 3 is 2.14 bits per heavy atom. The van der Waals surface area contributed by atoms with Gasteiger partial charge in [-0.25, -0.2) is 13.2 Å². The van der Waals surface area contributed by atoms with Gasteiger partial charge in [0.05, 0.1) is 23.7 Å². The number of ether oxygens (including phenoxy) is 2. The standard InChI is InChI=1S/C14H17NO6S/c16-13(17)11-1-3-12(4-2-11)22(18,19)15-7-5-14(6-8-15)20-9-10-21-14/h1-4H,5-10H2,(H,16,17). The highest BCUT2D eigenvalue weighted by molar-refractivity contribution is 7.89. The molecule has 0 atom stereocenters. The van der Waals surface area contributed by atoms with Crippen molar-refractivity contribution in [1.82, 2.24) is 4.31 Å². The summed E-state index contributed by atoms with van der Waals surface area (Å²) >= 11 is 0. The summed E-state index contributed by atoms with van der Waals surface area (Å²) in [5.41, 5.74) is 0.0595. The lowest BCUT2D eigenvalue weighted by Gasteiger charge is -2.36. The molecule has 0 saturated carbocycles. The predicted molar refractivity (Wildman–Crippen MR) is 76.0 cm³/mol. The molecule has 1 aromatic carbocycles. The number of carboxylic acid groups (broad SMARTS) is 1. The van der Waals surface area contributed by atoms with Crippen molar-refractivity contribution in [2.45, 2.75) is 23.5 Å². The molecule has 0 unspecified atom stereocenters. The first-order chi connectivity index (χ1) is 10.4. The molecular weight excluding hydrogens is 310 g/mol. The van der Waals surface area contributed by atoms with Crippen molar-refractivity contribution in [2.24, 2.45) is 0 Å². The molecule has 1 N–H and O–H groups in total. The van der Waals surface area contributed by atoms with Crippen LogP contribution in [-0.4, -0.2) is 55.9 Å². The molecule has 7 nitrogen and oxygen atoms in total. The molecule has 120 valence electrons. The van der Waals surface area contributed by atoms with Gasteiger partial charge in [-0.15, -0.1) is 0 Å². The largest absolute Gasteiger partial charge is 0.478 e. The third-order valence-electron chi connectivity index (χ3n) is 4.04. The quantitative estimate of drug-likeness (QED) is 0.887. The Bertz CT molecular complexity index is 653. The van der Waals surface area contributed by atoms with Crippen LogP contribution in [0.3, 0.4) is 0 Å². The number of carboxylic acids is 1. The van der Waals surface area contributed by atoms with Crippen LogP contribution in [-0.2, 0) is 19.5 Å². The molecule has 1 aromatic rings. The van der Waals surface area contributed by atoms with Crippen LogP contribution in [0.5, 0.6) is 0 Å². The summed E-state index contributed by atoms with van der Waals surface area (Å²) in [4.78, 5) is 10.9. The molecule has 0 aromatic heterocycles. The zero-order valence-electron chi connectivity index (χ0n) is 11.9. The fourth-order valence-electron chi connectivity index (χ4n) is 2.77. The second-order valence-corrected chi connectivity index (χ2v) is 7.28. The van der Waals surface area contributed by atoms with Gasteiger partial charge in [0.2, 0.25) is 10.0 Å². The molecule has 8 heteroatoms. The lowest BCUT2D eigenvalue weighted by atomic mass is 10.1. The highest BCUT2D eigenvalue weighted by Gasteiger charge is 2.42. The lowest BCUT2D eigenvalue weighted by Crippen LogP contribution is -2.47. The molecule has 0 aliphatic carbocycles. The van der Waals surface area contributed by atoms with Crippen LogP contribution in [0.15, 0.2) is 29.2 Å². The zero-order chi connectivity index (χ0) is 15.8. The normalized spacial score (nSPS) is 22.0. The Labute approximate surface area is 128 Å². The third-order valence-corrected chi connectivity index (χ3v) is 5.95. The van der Waals surface area contributed by atoms with Gasteiger partial charge < -0.3 is 14.6 Å². The van der Waals surface area contributed by atoms with E-state index in [9.17, 15) is 13.2 Å². The van der Waals surface area contributed by atoms with Gasteiger partial charge in [0, 0.05) is 25.9 Å². The molecule has 0 amide bonds. The van der Waals surface area contributed by atoms with E-state index in [1.54, 1.807) is 0 Å². The molecule has 2 saturated heterocycles. The highest BCUT2D eigenvalue weighted by Crippen LogP contribution is 2.33. The minimum atomic E-state index is -3.62. The maximum absolute atomic E-state index is 12.6. The van der Waals surface area contributed by atoms with Gasteiger partial charge in [-0.2, -0.15) is 4.31 Å². The van der Waals surface area contributed by atoms with Crippen LogP contribution in [0.25, 0.3) is 0 Å². The van der Waals surface area contributed by atoms with E-state index < -0.39 is 21.8 Å². The molecule has 1 spiro atoms. The van der Waals surface area contributed by atoms with E-state index in [2.05, 4.69) is 0 Å². The van der Waals surface area contributed by atoms with Crippen LogP contribution in [0.1, 0.15) is 23.2 Å². The van der Waals surface area contributed by atoms with Crippen molar-refractivity contribution in [3.05, 3.63) is 29.8 Å². The van der Waals surface area contributed by atoms with Crippen LogP contribution in [0.2, 0.25) is 0 Å². The number of hydrogen-bond acceptors (Lipinski definition) is 5. The number of nitrogens with zero attached hydrogens (tertiary/aromatic N) is 1. The average molecular weight is 327 g/mol. The highest BCUT2D eigenvalue weighted by atomic mass is 32.2. The SMILES string of the molecule is O=C(O)c1ccc(S(=O)(=O)N2CCC3(CC2)OCCO3)cc1. The molecule has 2 heterocycles. The van der Waals surface area contributed by atoms with Gasteiger partial charge in [-0.3, -0.25) is 0 Å². The van der Waals surface area contributed by atoms with Crippen molar-refractivity contribution in [1.29, 1.82) is 0 Å². The molecule has 3 rings (SSSR count). The minimum Gasteiger partial charge on any atom is -0.478 e. The topological polar surface area (TPSA) is 93.1 Å². The molecule has 2 aliphatic rings. The van der Waals surface area contributed by atoms with Crippen molar-refractivity contribution < 1.29 is 27.8 Å². The second-order valence-electron chi connectivity index (χ2n) is 5.34. The number of sulfonamides is 1. The Balaban J connectivity index is 1.74. The third kappa shape index (κ3) is 2.74. The Morgan fingerprint density at radius 1 is 1.09 bits per heavy atom. The Kier molecular flexibility index (Phi) is 3.94. The maximum atomic E-state index is 12.6. The van der Waals surface area contributed by atoms with Crippen molar-refractivity contribution in [2.75, 3.05) is 26.3 Å². The van der Waals surface area contributed by atoms with E-state index in [0.29, 0.717) is 39.1 Å². The summed E-state index contributed by atoms with van der Waals surface area (Å²) in [6.45, 7) is 1.73. The van der Waals surface area contributed by atoms with E-state index in [1.165, 1.54) is 28.6 Å². The molecule has 0 bridgehead atoms. The van der Waals surface area contributed by atoms with E-state index in [1.807, 2.05) is 0 Å². The number of rotatable bonds is 3. The van der Waals surface area contributed by atoms with Crippen LogP contribution < -0.4 is 0 Å². The van der Waals surface area contributed by atoms with Crippen LogP contribution in [0, 0.1) is 0 Å². The number of piperidine rings is 1. The minimum absolute atomic E-state index is 0.0595. The van der Waals surface area contributed by atoms with Gasteiger partial charge in [0.1, 0.15) is 0 Å². The number of carbonyl (C=O) groups is 1. The number of aromatic carboxylic acids is 1. The van der Waals surface area contributed by atoms with Crippen molar-refractivity contribution in [3.63, 3.8) is 0 Å². The molecule has 2 aliphatic heterocycles. The molecule has 0 radical (unpaired) electrons. The van der Waals surface area contributed by atoms with Gasteiger partial charge in [0.15, 0.2) is 5.79 Å². The first-order valence-corrected chi connectivity index (χ1v) is 8.48. The smallest absolute Gasteiger partial charge is 0.335 e. The first-order valence-electron chi connectivity index (χ1n) is 7.04. The van der Waals surface area contributed by atoms with E-state index in [4.69, 9.17) is 14.6 Å². The number of benzene rings is 1. The summed E-state index contributed by atoms with van der Waals surface area (Å²) in [5, 5.41) is 8.86.